The first-order valence-corrected chi connectivity index (χ1v) is 10.6. The van der Waals surface area contributed by atoms with Crippen molar-refractivity contribution in [3.63, 3.8) is 0 Å². The Hall–Kier alpha value is -2.38. The smallest absolute Gasteiger partial charge is 0.239 e. The fourth-order valence-electron chi connectivity index (χ4n) is 2.70. The Morgan fingerprint density at radius 1 is 1.04 bits per heavy atom. The minimum absolute atomic E-state index is 0.0475. The Morgan fingerprint density at radius 3 is 2.22 bits per heavy atom. The van der Waals surface area contributed by atoms with E-state index >= 15 is 0 Å². The van der Waals surface area contributed by atoms with Crippen LogP contribution in [0.15, 0.2) is 54.6 Å². The number of carbonyl (C=O) groups excluding carboxylic acids is 1. The van der Waals surface area contributed by atoms with Crippen molar-refractivity contribution >= 4 is 21.6 Å². The van der Waals surface area contributed by atoms with Gasteiger partial charge in [-0.1, -0.05) is 42.5 Å². The molecule has 1 N–H and O–H groups in total. The molecule has 0 saturated carbocycles. The van der Waals surface area contributed by atoms with E-state index < -0.39 is 22.0 Å². The highest BCUT2D eigenvalue weighted by Gasteiger charge is 2.27. The number of nitrogens with zero attached hydrogens (tertiary/aromatic N) is 1. The number of hydrogen-bond donors (Lipinski definition) is 1. The fourth-order valence-corrected chi connectivity index (χ4v) is 3.75. The molecule has 0 spiro atoms. The Bertz CT molecular complexity index is 867. The molecule has 0 heterocycles. The molecule has 1 unspecified atom stereocenters. The van der Waals surface area contributed by atoms with Gasteiger partial charge in [-0.2, -0.15) is 4.31 Å². The normalized spacial score (nSPS) is 12.8. The van der Waals surface area contributed by atoms with Crippen molar-refractivity contribution in [3.8, 4) is 5.75 Å². The number of para-hydroxylation sites is 2. The molecule has 1 amide bonds. The van der Waals surface area contributed by atoms with Crippen LogP contribution in [0.25, 0.3) is 0 Å². The summed E-state index contributed by atoms with van der Waals surface area (Å²) in [5, 5.41) is 2.75. The summed E-state index contributed by atoms with van der Waals surface area (Å²) in [6.07, 6.45) is 1.06. The lowest BCUT2D eigenvalue weighted by molar-refractivity contribution is -0.116. The van der Waals surface area contributed by atoms with Crippen molar-refractivity contribution < 1.29 is 17.9 Å². The van der Waals surface area contributed by atoms with E-state index in [-0.39, 0.29) is 12.6 Å². The molecular formula is C20H26N2O4S. The molecule has 6 nitrogen and oxygen atoms in total. The molecule has 2 aromatic rings. The maximum absolute atomic E-state index is 12.6. The molecule has 0 aliphatic rings. The summed E-state index contributed by atoms with van der Waals surface area (Å²) in [6, 6.07) is 15.8. The van der Waals surface area contributed by atoms with E-state index in [4.69, 9.17) is 4.74 Å². The van der Waals surface area contributed by atoms with Gasteiger partial charge in [-0.3, -0.25) is 4.79 Å². The van der Waals surface area contributed by atoms with Gasteiger partial charge in [0.1, 0.15) is 5.75 Å². The molecule has 1 atom stereocenters. The van der Waals surface area contributed by atoms with Crippen LogP contribution in [0.4, 0.5) is 5.69 Å². The van der Waals surface area contributed by atoms with Crippen LogP contribution in [-0.2, 0) is 14.8 Å². The number of sulfonamides is 1. The molecule has 0 fully saturated rings. The van der Waals surface area contributed by atoms with Gasteiger partial charge < -0.3 is 10.1 Å². The predicted octanol–water partition coefficient (Wildman–Crippen LogP) is 3.44. The van der Waals surface area contributed by atoms with Crippen molar-refractivity contribution in [1.29, 1.82) is 0 Å². The van der Waals surface area contributed by atoms with Crippen LogP contribution in [0.1, 0.15) is 32.4 Å². The molecule has 0 aromatic heterocycles. The summed E-state index contributed by atoms with van der Waals surface area (Å²) >= 11 is 0. The molecule has 0 bridgehead atoms. The zero-order valence-electron chi connectivity index (χ0n) is 16.0. The molecule has 0 saturated heterocycles. The molecule has 146 valence electrons. The number of hydrogen-bond acceptors (Lipinski definition) is 4. The lowest BCUT2D eigenvalue weighted by atomic mass is 10.1. The largest absolute Gasteiger partial charge is 0.489 e. The van der Waals surface area contributed by atoms with Crippen LogP contribution >= 0.6 is 0 Å². The Kier molecular flexibility index (Phi) is 6.98. The lowest BCUT2D eigenvalue weighted by Crippen LogP contribution is -2.39. The number of carbonyl (C=O) groups is 1. The van der Waals surface area contributed by atoms with Gasteiger partial charge in [0.2, 0.25) is 15.9 Å². The van der Waals surface area contributed by atoms with Gasteiger partial charge in [0.25, 0.3) is 0 Å². The van der Waals surface area contributed by atoms with Gasteiger partial charge in [0.15, 0.2) is 0 Å². The summed E-state index contributed by atoms with van der Waals surface area (Å²) in [6.45, 7) is 5.27. The zero-order valence-corrected chi connectivity index (χ0v) is 16.9. The second kappa shape index (κ2) is 9.01. The highest BCUT2D eigenvalue weighted by molar-refractivity contribution is 7.88. The lowest BCUT2D eigenvalue weighted by Gasteiger charge is -2.26. The third kappa shape index (κ3) is 6.08. The summed E-state index contributed by atoms with van der Waals surface area (Å²) in [4.78, 5) is 12.6. The van der Waals surface area contributed by atoms with Crippen LogP contribution in [0.2, 0.25) is 0 Å². The monoisotopic (exact) mass is 390 g/mol. The molecule has 0 aliphatic heterocycles. The van der Waals surface area contributed by atoms with E-state index in [1.54, 1.807) is 25.1 Å². The Labute approximate surface area is 161 Å². The molecule has 0 radical (unpaired) electrons. The van der Waals surface area contributed by atoms with Crippen molar-refractivity contribution in [2.45, 2.75) is 32.9 Å². The van der Waals surface area contributed by atoms with Gasteiger partial charge in [0.05, 0.1) is 24.6 Å². The highest BCUT2D eigenvalue weighted by atomic mass is 32.2. The van der Waals surface area contributed by atoms with Gasteiger partial charge in [-0.25, -0.2) is 8.42 Å². The molecule has 27 heavy (non-hydrogen) atoms. The molecular weight excluding hydrogens is 364 g/mol. The average molecular weight is 391 g/mol. The van der Waals surface area contributed by atoms with Crippen LogP contribution < -0.4 is 10.1 Å². The summed E-state index contributed by atoms with van der Waals surface area (Å²) in [5.41, 5.74) is 1.33. The van der Waals surface area contributed by atoms with E-state index in [1.807, 2.05) is 50.2 Å². The third-order valence-corrected chi connectivity index (χ3v) is 5.26. The van der Waals surface area contributed by atoms with E-state index in [0.29, 0.717) is 11.4 Å². The first-order valence-electron chi connectivity index (χ1n) is 8.75. The summed E-state index contributed by atoms with van der Waals surface area (Å²) in [7, 11) is -3.59. The zero-order chi connectivity index (χ0) is 20.0. The quantitative estimate of drug-likeness (QED) is 0.749. The molecule has 7 heteroatoms. The number of nitrogens with one attached hydrogen (secondary N) is 1. The minimum atomic E-state index is -3.59. The topological polar surface area (TPSA) is 75.7 Å². The second-order valence-electron chi connectivity index (χ2n) is 6.61. The summed E-state index contributed by atoms with van der Waals surface area (Å²) < 4.78 is 31.4. The van der Waals surface area contributed by atoms with Crippen molar-refractivity contribution in [2.75, 3.05) is 18.1 Å². The van der Waals surface area contributed by atoms with Gasteiger partial charge in [-0.05, 0) is 38.5 Å². The number of rotatable bonds is 8. The van der Waals surface area contributed by atoms with Crippen LogP contribution in [0.5, 0.6) is 5.75 Å². The van der Waals surface area contributed by atoms with Gasteiger partial charge in [-0.15, -0.1) is 0 Å². The number of ether oxygens (including phenoxy) is 1. The van der Waals surface area contributed by atoms with Crippen LogP contribution in [0, 0.1) is 0 Å². The average Bonchev–Trinajstić information content (AvgIpc) is 2.60. The van der Waals surface area contributed by atoms with Crippen molar-refractivity contribution in [1.82, 2.24) is 4.31 Å². The van der Waals surface area contributed by atoms with Crippen LogP contribution in [0.3, 0.4) is 0 Å². The minimum Gasteiger partial charge on any atom is -0.489 e. The fraction of sp³-hybridized carbons (Fsp3) is 0.350. The van der Waals surface area contributed by atoms with Crippen molar-refractivity contribution in [3.05, 3.63) is 60.2 Å². The third-order valence-electron chi connectivity index (χ3n) is 3.96. The maximum atomic E-state index is 12.6. The number of anilines is 1. The van der Waals surface area contributed by atoms with E-state index in [1.165, 1.54) is 4.31 Å². The maximum Gasteiger partial charge on any atom is 0.239 e. The number of amides is 1. The van der Waals surface area contributed by atoms with Crippen molar-refractivity contribution in [2.24, 2.45) is 0 Å². The molecule has 2 rings (SSSR count). The SMILES string of the molecule is CC(C)Oc1ccccc1NC(=O)CN(C(C)c1ccccc1)S(C)(=O)=O. The first-order chi connectivity index (χ1) is 12.7. The van der Waals surface area contributed by atoms with Crippen LogP contribution in [-0.4, -0.2) is 37.5 Å². The Balaban J connectivity index is 2.18. The number of benzene rings is 2. The van der Waals surface area contributed by atoms with E-state index in [0.717, 1.165) is 11.8 Å². The Morgan fingerprint density at radius 2 is 1.63 bits per heavy atom. The van der Waals surface area contributed by atoms with E-state index in [9.17, 15) is 13.2 Å². The highest BCUT2D eigenvalue weighted by Crippen LogP contribution is 2.26. The first kappa shape index (κ1) is 20.9. The van der Waals surface area contributed by atoms with Gasteiger partial charge >= 0.3 is 0 Å². The second-order valence-corrected chi connectivity index (χ2v) is 8.54. The van der Waals surface area contributed by atoms with Gasteiger partial charge in [0, 0.05) is 6.04 Å². The molecule has 2 aromatic carbocycles. The van der Waals surface area contributed by atoms with E-state index in [2.05, 4.69) is 5.32 Å². The molecule has 0 aliphatic carbocycles. The summed E-state index contributed by atoms with van der Waals surface area (Å²) in [5.74, 6) is 0.117. The standard InChI is InChI=1S/C20H26N2O4S/c1-15(2)26-19-13-9-8-12-18(19)21-20(23)14-22(27(4,24)25)16(3)17-10-6-5-7-11-17/h5-13,15-16H,14H2,1-4H3,(H,21,23). The predicted molar refractivity (Wildman–Crippen MR) is 107 cm³/mol.